The van der Waals surface area contributed by atoms with E-state index in [0.717, 1.165) is 5.76 Å². The molecule has 2 heterocycles. The summed E-state index contributed by atoms with van der Waals surface area (Å²) in [5, 5.41) is 0. The summed E-state index contributed by atoms with van der Waals surface area (Å²) in [7, 11) is 0. The first kappa shape index (κ1) is 6.68. The van der Waals surface area contributed by atoms with E-state index in [0.29, 0.717) is 13.2 Å². The topological polar surface area (TPSA) is 18.5 Å². The fourth-order valence-corrected chi connectivity index (χ4v) is 1.23. The normalized spacial score (nSPS) is 22.5. The molecule has 0 bridgehead atoms. The molecule has 2 aliphatic heterocycles. The van der Waals surface area contributed by atoms with Crippen LogP contribution < -0.4 is 0 Å². The van der Waals surface area contributed by atoms with Crippen LogP contribution in [0.15, 0.2) is 35.3 Å². The molecule has 0 N–H and O–H groups in total. The number of rotatable bonds is 0. The molecule has 0 radical (unpaired) electrons. The van der Waals surface area contributed by atoms with Crippen LogP contribution in [0.4, 0.5) is 0 Å². The van der Waals surface area contributed by atoms with Gasteiger partial charge in [0.15, 0.2) is 0 Å². The number of hydrogen-bond donors (Lipinski definition) is 0. The Hall–Kier alpha value is -1.02. The number of fused-ring (bicyclic) bond motifs is 1. The molecule has 0 aromatic carbocycles. The third-order valence-electron chi connectivity index (χ3n) is 1.92. The van der Waals surface area contributed by atoms with Crippen LogP contribution in [0.5, 0.6) is 0 Å². The summed E-state index contributed by atoms with van der Waals surface area (Å²) in [5.74, 6) is 0.969. The maximum atomic E-state index is 5.29. The highest BCUT2D eigenvalue weighted by atomic mass is 16.5. The van der Waals surface area contributed by atoms with Crippen LogP contribution in [0.3, 0.4) is 0 Å². The molecule has 0 aliphatic carbocycles. The Balaban J connectivity index is 2.41. The first-order valence-electron chi connectivity index (χ1n) is 3.69. The molecule has 11 heavy (non-hydrogen) atoms. The molecule has 0 aromatic rings. The highest BCUT2D eigenvalue weighted by Gasteiger charge is 2.15. The van der Waals surface area contributed by atoms with Crippen molar-refractivity contribution in [2.24, 2.45) is 0 Å². The summed E-state index contributed by atoms with van der Waals surface area (Å²) in [4.78, 5) is 0. The minimum absolute atomic E-state index is 0.667. The van der Waals surface area contributed by atoms with Gasteiger partial charge in [-0.05, 0) is 24.6 Å². The lowest BCUT2D eigenvalue weighted by atomic mass is 10.1. The van der Waals surface area contributed by atoms with Crippen LogP contribution in [-0.4, -0.2) is 13.2 Å². The van der Waals surface area contributed by atoms with Crippen molar-refractivity contribution in [2.45, 2.75) is 6.92 Å². The Morgan fingerprint density at radius 1 is 1.45 bits per heavy atom. The molecule has 0 saturated heterocycles. The van der Waals surface area contributed by atoms with Crippen LogP contribution in [-0.2, 0) is 9.47 Å². The minimum Gasteiger partial charge on any atom is -0.465 e. The Bertz CT molecular complexity index is 259. The lowest BCUT2D eigenvalue weighted by molar-refractivity contribution is 0.162. The molecule has 0 fully saturated rings. The molecular weight excluding hydrogens is 140 g/mol. The molecule has 58 valence electrons. The van der Waals surface area contributed by atoms with Gasteiger partial charge in [-0.25, -0.2) is 0 Å². The van der Waals surface area contributed by atoms with Crippen molar-refractivity contribution in [1.29, 1.82) is 0 Å². The molecule has 0 amide bonds. The number of hydrogen-bond acceptors (Lipinski definition) is 2. The molecule has 0 unspecified atom stereocenters. The van der Waals surface area contributed by atoms with E-state index in [2.05, 4.69) is 6.92 Å². The van der Waals surface area contributed by atoms with Gasteiger partial charge in [-0.15, -0.1) is 0 Å². The Morgan fingerprint density at radius 3 is 3.18 bits per heavy atom. The van der Waals surface area contributed by atoms with Crippen LogP contribution >= 0.6 is 0 Å². The van der Waals surface area contributed by atoms with Crippen molar-refractivity contribution in [2.75, 3.05) is 13.2 Å². The Labute approximate surface area is 65.8 Å². The zero-order valence-corrected chi connectivity index (χ0v) is 6.46. The SMILES string of the molecule is CC1=C2COCC=C2OC=C1. The van der Waals surface area contributed by atoms with Gasteiger partial charge in [-0.2, -0.15) is 0 Å². The Morgan fingerprint density at radius 2 is 2.36 bits per heavy atom. The zero-order valence-electron chi connectivity index (χ0n) is 6.46. The van der Waals surface area contributed by atoms with E-state index >= 15 is 0 Å². The van der Waals surface area contributed by atoms with E-state index in [1.807, 2.05) is 12.2 Å². The first-order valence-corrected chi connectivity index (χ1v) is 3.69. The van der Waals surface area contributed by atoms with E-state index in [-0.39, 0.29) is 0 Å². The molecule has 0 spiro atoms. The van der Waals surface area contributed by atoms with Crippen molar-refractivity contribution in [3.8, 4) is 0 Å². The summed E-state index contributed by atoms with van der Waals surface area (Å²) in [6, 6.07) is 0. The summed E-state index contributed by atoms with van der Waals surface area (Å²) in [6.45, 7) is 3.42. The average molecular weight is 150 g/mol. The lowest BCUT2D eigenvalue weighted by Crippen LogP contribution is -2.12. The highest BCUT2D eigenvalue weighted by molar-refractivity contribution is 5.40. The van der Waals surface area contributed by atoms with Crippen molar-refractivity contribution in [1.82, 2.24) is 0 Å². The minimum atomic E-state index is 0.667. The predicted molar refractivity (Wildman–Crippen MR) is 41.8 cm³/mol. The average Bonchev–Trinajstić information content (AvgIpc) is 2.06. The summed E-state index contributed by atoms with van der Waals surface area (Å²) < 4.78 is 10.6. The second-order valence-corrected chi connectivity index (χ2v) is 2.67. The lowest BCUT2D eigenvalue weighted by Gasteiger charge is -2.20. The molecule has 0 aromatic heterocycles. The van der Waals surface area contributed by atoms with E-state index in [1.165, 1.54) is 11.1 Å². The van der Waals surface area contributed by atoms with Crippen molar-refractivity contribution in [3.63, 3.8) is 0 Å². The maximum absolute atomic E-state index is 5.29. The van der Waals surface area contributed by atoms with Crippen LogP contribution in [0.2, 0.25) is 0 Å². The van der Waals surface area contributed by atoms with E-state index in [1.54, 1.807) is 6.26 Å². The monoisotopic (exact) mass is 150 g/mol. The van der Waals surface area contributed by atoms with Gasteiger partial charge in [0.1, 0.15) is 5.76 Å². The van der Waals surface area contributed by atoms with E-state index < -0.39 is 0 Å². The number of allylic oxidation sites excluding steroid dienone is 2. The molecule has 2 heteroatoms. The van der Waals surface area contributed by atoms with Crippen LogP contribution in [0.25, 0.3) is 0 Å². The molecule has 2 rings (SSSR count). The van der Waals surface area contributed by atoms with Gasteiger partial charge in [0.25, 0.3) is 0 Å². The van der Waals surface area contributed by atoms with E-state index in [4.69, 9.17) is 9.47 Å². The van der Waals surface area contributed by atoms with Gasteiger partial charge in [0, 0.05) is 5.57 Å². The van der Waals surface area contributed by atoms with Gasteiger partial charge < -0.3 is 9.47 Å². The maximum Gasteiger partial charge on any atom is 0.130 e. The van der Waals surface area contributed by atoms with Crippen LogP contribution in [0.1, 0.15) is 6.92 Å². The molecular formula is C9H10O2. The molecule has 2 aliphatic rings. The second kappa shape index (κ2) is 2.55. The van der Waals surface area contributed by atoms with Crippen molar-refractivity contribution in [3.05, 3.63) is 35.3 Å². The fraction of sp³-hybridized carbons (Fsp3) is 0.333. The smallest absolute Gasteiger partial charge is 0.130 e. The first-order chi connectivity index (χ1) is 5.38. The van der Waals surface area contributed by atoms with Crippen molar-refractivity contribution < 1.29 is 9.47 Å². The summed E-state index contributed by atoms with van der Waals surface area (Å²) in [5.41, 5.74) is 2.42. The Kier molecular flexibility index (Phi) is 1.55. The number of ether oxygens (including phenoxy) is 2. The standard InChI is InChI=1S/C9H10O2/c1-7-2-5-11-9-3-4-10-6-8(7)9/h2-3,5H,4,6H2,1H3. The third-order valence-corrected chi connectivity index (χ3v) is 1.92. The van der Waals surface area contributed by atoms with Gasteiger partial charge in [0.05, 0.1) is 19.5 Å². The largest absolute Gasteiger partial charge is 0.465 e. The van der Waals surface area contributed by atoms with Gasteiger partial charge >= 0.3 is 0 Å². The van der Waals surface area contributed by atoms with E-state index in [9.17, 15) is 0 Å². The zero-order chi connectivity index (χ0) is 7.68. The second-order valence-electron chi connectivity index (χ2n) is 2.67. The predicted octanol–water partition coefficient (Wildman–Crippen LogP) is 1.76. The van der Waals surface area contributed by atoms with Gasteiger partial charge in [0.2, 0.25) is 0 Å². The highest BCUT2D eigenvalue weighted by Crippen LogP contribution is 2.24. The fourth-order valence-electron chi connectivity index (χ4n) is 1.23. The van der Waals surface area contributed by atoms with Gasteiger partial charge in [-0.3, -0.25) is 0 Å². The third kappa shape index (κ3) is 1.10. The summed E-state index contributed by atoms with van der Waals surface area (Å²) in [6.07, 6.45) is 5.64. The van der Waals surface area contributed by atoms with Crippen molar-refractivity contribution >= 4 is 0 Å². The van der Waals surface area contributed by atoms with Gasteiger partial charge in [-0.1, -0.05) is 0 Å². The quantitative estimate of drug-likeness (QED) is 0.524. The summed E-state index contributed by atoms with van der Waals surface area (Å²) >= 11 is 0. The van der Waals surface area contributed by atoms with Crippen LogP contribution in [0, 0.1) is 0 Å². The molecule has 0 saturated carbocycles. The molecule has 0 atom stereocenters. The molecule has 2 nitrogen and oxygen atoms in total.